The molecule has 0 spiro atoms. The van der Waals surface area contributed by atoms with E-state index in [1.165, 1.54) is 18.4 Å². The molecular formula is C21H26ClNO2. The summed E-state index contributed by atoms with van der Waals surface area (Å²) in [7, 11) is 0. The van der Waals surface area contributed by atoms with Gasteiger partial charge in [-0.1, -0.05) is 37.1 Å². The highest BCUT2D eigenvalue weighted by Crippen LogP contribution is 2.22. The number of ether oxygens (including phenoxy) is 1. The van der Waals surface area contributed by atoms with E-state index in [9.17, 15) is 4.79 Å². The summed E-state index contributed by atoms with van der Waals surface area (Å²) in [6.45, 7) is 4.65. The van der Waals surface area contributed by atoms with Crippen LogP contribution in [0, 0.1) is 6.92 Å². The number of nitrogens with one attached hydrogen (secondary N) is 1. The molecule has 0 bridgehead atoms. The zero-order valence-electron chi connectivity index (χ0n) is 15.0. The highest BCUT2D eigenvalue weighted by molar-refractivity contribution is 6.30. The van der Waals surface area contributed by atoms with E-state index in [0.717, 1.165) is 23.4 Å². The number of rotatable bonds is 9. The predicted octanol–water partition coefficient (Wildman–Crippen LogP) is 5.79. The van der Waals surface area contributed by atoms with Gasteiger partial charge in [0.25, 0.3) is 0 Å². The van der Waals surface area contributed by atoms with Gasteiger partial charge in [-0.15, -0.1) is 0 Å². The SMILES string of the molecule is CCCCc1ccc(NC(=O)CCCOc2ccc(Cl)cc2C)cc1. The van der Waals surface area contributed by atoms with Crippen molar-refractivity contribution < 1.29 is 9.53 Å². The first-order valence-electron chi connectivity index (χ1n) is 8.86. The molecule has 0 saturated carbocycles. The predicted molar refractivity (Wildman–Crippen MR) is 105 cm³/mol. The van der Waals surface area contributed by atoms with Crippen molar-refractivity contribution in [3.63, 3.8) is 0 Å². The smallest absolute Gasteiger partial charge is 0.224 e. The molecule has 1 N–H and O–H groups in total. The maximum Gasteiger partial charge on any atom is 0.224 e. The topological polar surface area (TPSA) is 38.3 Å². The second-order valence-corrected chi connectivity index (χ2v) is 6.65. The van der Waals surface area contributed by atoms with Crippen molar-refractivity contribution in [2.75, 3.05) is 11.9 Å². The van der Waals surface area contributed by atoms with Gasteiger partial charge in [0, 0.05) is 17.1 Å². The van der Waals surface area contributed by atoms with Crippen LogP contribution >= 0.6 is 11.6 Å². The summed E-state index contributed by atoms with van der Waals surface area (Å²) in [6.07, 6.45) is 4.58. The molecule has 0 fully saturated rings. The zero-order chi connectivity index (χ0) is 18.1. The Balaban J connectivity index is 1.70. The molecule has 0 aliphatic rings. The molecule has 2 rings (SSSR count). The van der Waals surface area contributed by atoms with Crippen molar-refractivity contribution in [1.29, 1.82) is 0 Å². The molecule has 0 atom stereocenters. The van der Waals surface area contributed by atoms with E-state index in [0.29, 0.717) is 24.5 Å². The molecule has 3 nitrogen and oxygen atoms in total. The summed E-state index contributed by atoms with van der Waals surface area (Å²) in [5.41, 5.74) is 3.16. The van der Waals surface area contributed by atoms with Crippen molar-refractivity contribution in [1.82, 2.24) is 0 Å². The van der Waals surface area contributed by atoms with Crippen LogP contribution in [-0.2, 0) is 11.2 Å². The normalized spacial score (nSPS) is 10.5. The highest BCUT2D eigenvalue weighted by Gasteiger charge is 2.04. The lowest BCUT2D eigenvalue weighted by Gasteiger charge is -2.10. The maximum absolute atomic E-state index is 12.0. The van der Waals surface area contributed by atoms with Crippen molar-refractivity contribution in [2.45, 2.75) is 46.0 Å². The summed E-state index contributed by atoms with van der Waals surface area (Å²) < 4.78 is 5.71. The fraction of sp³-hybridized carbons (Fsp3) is 0.381. The lowest BCUT2D eigenvalue weighted by Crippen LogP contribution is -2.13. The Morgan fingerprint density at radius 2 is 1.88 bits per heavy atom. The second-order valence-electron chi connectivity index (χ2n) is 6.21. The summed E-state index contributed by atoms with van der Waals surface area (Å²) in [5.74, 6) is 0.824. The summed E-state index contributed by atoms with van der Waals surface area (Å²) >= 11 is 5.92. The molecule has 2 aromatic carbocycles. The number of benzene rings is 2. The molecule has 4 heteroatoms. The van der Waals surface area contributed by atoms with Gasteiger partial charge >= 0.3 is 0 Å². The van der Waals surface area contributed by atoms with Crippen molar-refractivity contribution >= 4 is 23.2 Å². The van der Waals surface area contributed by atoms with Gasteiger partial charge in [-0.05, 0) is 67.6 Å². The quantitative estimate of drug-likeness (QED) is 0.575. The van der Waals surface area contributed by atoms with Gasteiger partial charge in [0.15, 0.2) is 0 Å². The average Bonchev–Trinajstić information content (AvgIpc) is 2.59. The van der Waals surface area contributed by atoms with Crippen LogP contribution in [0.3, 0.4) is 0 Å². The molecular weight excluding hydrogens is 334 g/mol. The Morgan fingerprint density at radius 3 is 2.56 bits per heavy atom. The minimum absolute atomic E-state index is 0.0118. The van der Waals surface area contributed by atoms with Crippen molar-refractivity contribution in [2.24, 2.45) is 0 Å². The molecule has 1 amide bonds. The van der Waals surface area contributed by atoms with Gasteiger partial charge in [-0.3, -0.25) is 4.79 Å². The van der Waals surface area contributed by atoms with Crippen LogP contribution in [0.25, 0.3) is 0 Å². The summed E-state index contributed by atoms with van der Waals surface area (Å²) in [4.78, 5) is 12.0. The van der Waals surface area contributed by atoms with Crippen LogP contribution < -0.4 is 10.1 Å². The third-order valence-electron chi connectivity index (χ3n) is 4.00. The third-order valence-corrected chi connectivity index (χ3v) is 4.23. The molecule has 0 heterocycles. The first-order valence-corrected chi connectivity index (χ1v) is 9.24. The second kappa shape index (κ2) is 10.1. The first-order chi connectivity index (χ1) is 12.1. The monoisotopic (exact) mass is 359 g/mol. The number of aryl methyl sites for hydroxylation is 2. The number of hydrogen-bond donors (Lipinski definition) is 1. The molecule has 0 radical (unpaired) electrons. The van der Waals surface area contributed by atoms with Gasteiger partial charge in [-0.2, -0.15) is 0 Å². The van der Waals surface area contributed by atoms with E-state index in [1.807, 2.05) is 31.2 Å². The van der Waals surface area contributed by atoms with E-state index in [2.05, 4.69) is 24.4 Å². The average molecular weight is 360 g/mol. The van der Waals surface area contributed by atoms with Crippen LogP contribution in [0.5, 0.6) is 5.75 Å². The lowest BCUT2D eigenvalue weighted by molar-refractivity contribution is -0.116. The molecule has 134 valence electrons. The van der Waals surface area contributed by atoms with E-state index in [-0.39, 0.29) is 5.91 Å². The molecule has 0 aliphatic heterocycles. The number of halogens is 1. The van der Waals surface area contributed by atoms with Gasteiger partial charge in [0.05, 0.1) is 6.61 Å². The van der Waals surface area contributed by atoms with E-state index < -0.39 is 0 Å². The standard InChI is InChI=1S/C21H26ClNO2/c1-3-4-6-17-8-11-19(12-9-17)23-21(24)7-5-14-25-20-13-10-18(22)15-16(20)2/h8-13,15H,3-7,14H2,1-2H3,(H,23,24). The van der Waals surface area contributed by atoms with Gasteiger partial charge in [0.2, 0.25) is 5.91 Å². The molecule has 0 aliphatic carbocycles. The maximum atomic E-state index is 12.0. The van der Waals surface area contributed by atoms with Crippen LogP contribution in [-0.4, -0.2) is 12.5 Å². The summed E-state index contributed by atoms with van der Waals surface area (Å²) in [6, 6.07) is 13.6. The minimum atomic E-state index is 0.0118. The Labute approximate surface area is 155 Å². The number of amides is 1. The van der Waals surface area contributed by atoms with E-state index in [4.69, 9.17) is 16.3 Å². The van der Waals surface area contributed by atoms with Crippen LogP contribution in [0.1, 0.15) is 43.7 Å². The largest absolute Gasteiger partial charge is 0.493 e. The van der Waals surface area contributed by atoms with E-state index in [1.54, 1.807) is 6.07 Å². The molecule has 25 heavy (non-hydrogen) atoms. The number of carbonyl (C=O) groups is 1. The first kappa shape index (κ1) is 19.3. The van der Waals surface area contributed by atoms with Gasteiger partial charge < -0.3 is 10.1 Å². The Hall–Kier alpha value is -2.00. The number of carbonyl (C=O) groups excluding carboxylic acids is 1. The van der Waals surface area contributed by atoms with Crippen LogP contribution in [0.15, 0.2) is 42.5 Å². The molecule has 0 unspecified atom stereocenters. The third kappa shape index (κ3) is 6.79. The lowest BCUT2D eigenvalue weighted by atomic mass is 10.1. The zero-order valence-corrected chi connectivity index (χ0v) is 15.7. The Kier molecular flexibility index (Phi) is 7.80. The molecule has 0 aromatic heterocycles. The molecule has 0 saturated heterocycles. The Bertz CT molecular complexity index is 683. The minimum Gasteiger partial charge on any atom is -0.493 e. The number of hydrogen-bond acceptors (Lipinski definition) is 2. The van der Waals surface area contributed by atoms with Crippen molar-refractivity contribution in [3.05, 3.63) is 58.6 Å². The van der Waals surface area contributed by atoms with E-state index >= 15 is 0 Å². The van der Waals surface area contributed by atoms with Gasteiger partial charge in [0.1, 0.15) is 5.75 Å². The summed E-state index contributed by atoms with van der Waals surface area (Å²) in [5, 5.41) is 3.63. The molecule has 2 aromatic rings. The fourth-order valence-electron chi connectivity index (χ4n) is 2.55. The van der Waals surface area contributed by atoms with Crippen molar-refractivity contribution in [3.8, 4) is 5.75 Å². The van der Waals surface area contributed by atoms with Crippen LogP contribution in [0.4, 0.5) is 5.69 Å². The van der Waals surface area contributed by atoms with Crippen LogP contribution in [0.2, 0.25) is 5.02 Å². The number of unbranched alkanes of at least 4 members (excludes halogenated alkanes) is 1. The fourth-order valence-corrected chi connectivity index (χ4v) is 2.78. The van der Waals surface area contributed by atoms with Gasteiger partial charge in [-0.25, -0.2) is 0 Å². The highest BCUT2D eigenvalue weighted by atomic mass is 35.5. The Morgan fingerprint density at radius 1 is 1.12 bits per heavy atom. The number of anilines is 1.